The van der Waals surface area contributed by atoms with Gasteiger partial charge in [0.15, 0.2) is 0 Å². The predicted molar refractivity (Wildman–Crippen MR) is 67.1 cm³/mol. The minimum absolute atomic E-state index is 0.162. The molecule has 0 aromatic rings. The molecule has 0 aromatic heterocycles. The molecule has 0 aliphatic heterocycles. The van der Waals surface area contributed by atoms with Crippen molar-refractivity contribution in [3.63, 3.8) is 0 Å². The van der Waals surface area contributed by atoms with Crippen LogP contribution in [0.5, 0.6) is 0 Å². The van der Waals surface area contributed by atoms with Crippen LogP contribution in [0.15, 0.2) is 0 Å². The third kappa shape index (κ3) is 6.14. The maximum absolute atomic E-state index is 12.1. The molecule has 5 heteroatoms. The monoisotopic (exact) mass is 244 g/mol. The van der Waals surface area contributed by atoms with Crippen LogP contribution in [0, 0.1) is 0 Å². The van der Waals surface area contributed by atoms with E-state index >= 15 is 0 Å². The first-order chi connectivity index (χ1) is 8.06. The van der Waals surface area contributed by atoms with E-state index < -0.39 is 5.97 Å². The molecule has 2 amide bonds. The Morgan fingerprint density at radius 1 is 1.00 bits per heavy atom. The topological polar surface area (TPSA) is 60.9 Å². The number of carboxylic acid groups (broad SMARTS) is 1. The van der Waals surface area contributed by atoms with Gasteiger partial charge in [0, 0.05) is 19.6 Å². The van der Waals surface area contributed by atoms with Crippen LogP contribution in [0.25, 0.3) is 0 Å². The molecule has 1 N–H and O–H groups in total. The van der Waals surface area contributed by atoms with Crippen LogP contribution >= 0.6 is 0 Å². The second-order valence-corrected chi connectivity index (χ2v) is 4.03. The van der Waals surface area contributed by atoms with E-state index in [0.29, 0.717) is 19.6 Å². The van der Waals surface area contributed by atoms with Gasteiger partial charge in [-0.25, -0.2) is 4.79 Å². The summed E-state index contributed by atoms with van der Waals surface area (Å²) < 4.78 is 0. The molecular weight excluding hydrogens is 220 g/mol. The number of nitrogens with zero attached hydrogens (tertiary/aromatic N) is 2. The van der Waals surface area contributed by atoms with Gasteiger partial charge in [0.2, 0.25) is 0 Å². The first kappa shape index (κ1) is 15.7. The van der Waals surface area contributed by atoms with Crippen LogP contribution in [0.1, 0.15) is 40.0 Å². The lowest BCUT2D eigenvalue weighted by Gasteiger charge is -2.28. The molecule has 0 aliphatic rings. The van der Waals surface area contributed by atoms with E-state index in [2.05, 4.69) is 6.92 Å². The SMILES string of the molecule is CCCCN(CC)C(=O)N(CCC)CC(=O)O. The number of aliphatic carboxylic acids is 1. The lowest BCUT2D eigenvalue weighted by molar-refractivity contribution is -0.137. The number of urea groups is 1. The van der Waals surface area contributed by atoms with Crippen LogP contribution in [0.2, 0.25) is 0 Å². The summed E-state index contributed by atoms with van der Waals surface area (Å²) >= 11 is 0. The zero-order chi connectivity index (χ0) is 13.3. The molecule has 0 saturated heterocycles. The van der Waals surface area contributed by atoms with Crippen molar-refractivity contribution >= 4 is 12.0 Å². The quantitative estimate of drug-likeness (QED) is 0.710. The highest BCUT2D eigenvalue weighted by Crippen LogP contribution is 2.03. The molecule has 0 unspecified atom stereocenters. The molecule has 0 bridgehead atoms. The van der Waals surface area contributed by atoms with E-state index in [4.69, 9.17) is 5.11 Å². The van der Waals surface area contributed by atoms with Crippen molar-refractivity contribution in [3.05, 3.63) is 0 Å². The molecule has 0 spiro atoms. The largest absolute Gasteiger partial charge is 0.480 e. The molecule has 0 radical (unpaired) electrons. The second-order valence-electron chi connectivity index (χ2n) is 4.03. The van der Waals surface area contributed by atoms with E-state index in [-0.39, 0.29) is 12.6 Å². The van der Waals surface area contributed by atoms with Gasteiger partial charge in [-0.2, -0.15) is 0 Å². The summed E-state index contributed by atoms with van der Waals surface area (Å²) in [6.07, 6.45) is 2.74. The van der Waals surface area contributed by atoms with Gasteiger partial charge in [-0.05, 0) is 19.8 Å². The van der Waals surface area contributed by atoms with Crippen molar-refractivity contribution in [2.75, 3.05) is 26.2 Å². The highest BCUT2D eigenvalue weighted by atomic mass is 16.4. The normalized spacial score (nSPS) is 10.1. The fourth-order valence-electron chi connectivity index (χ4n) is 1.61. The highest BCUT2D eigenvalue weighted by molar-refractivity contribution is 5.80. The average Bonchev–Trinajstić information content (AvgIpc) is 2.28. The number of rotatable bonds is 8. The molecule has 5 nitrogen and oxygen atoms in total. The van der Waals surface area contributed by atoms with E-state index in [1.54, 1.807) is 4.90 Å². The summed E-state index contributed by atoms with van der Waals surface area (Å²) in [4.78, 5) is 25.9. The van der Waals surface area contributed by atoms with Crippen molar-refractivity contribution in [1.82, 2.24) is 9.80 Å². The zero-order valence-corrected chi connectivity index (χ0v) is 11.1. The predicted octanol–water partition coefficient (Wildman–Crippen LogP) is 2.02. The van der Waals surface area contributed by atoms with Crippen LogP contribution < -0.4 is 0 Å². The Kier molecular flexibility index (Phi) is 8.19. The molecule has 0 aromatic carbocycles. The molecular formula is C12H24N2O3. The van der Waals surface area contributed by atoms with E-state index in [9.17, 15) is 9.59 Å². The van der Waals surface area contributed by atoms with Gasteiger partial charge in [-0.3, -0.25) is 4.79 Å². The van der Waals surface area contributed by atoms with Gasteiger partial charge in [0.05, 0.1) is 0 Å². The Hall–Kier alpha value is -1.26. The summed E-state index contributed by atoms with van der Waals surface area (Å²) in [5.41, 5.74) is 0. The standard InChI is InChI=1S/C12H24N2O3/c1-4-7-9-13(6-3)12(17)14(8-5-2)10-11(15)16/h4-10H2,1-3H3,(H,15,16). The highest BCUT2D eigenvalue weighted by Gasteiger charge is 2.20. The summed E-state index contributed by atoms with van der Waals surface area (Å²) in [5.74, 6) is -0.960. The van der Waals surface area contributed by atoms with E-state index in [1.807, 2.05) is 13.8 Å². The fraction of sp³-hybridized carbons (Fsp3) is 0.833. The third-order valence-corrected chi connectivity index (χ3v) is 2.52. The Morgan fingerprint density at radius 3 is 2.06 bits per heavy atom. The Morgan fingerprint density at radius 2 is 1.65 bits per heavy atom. The maximum atomic E-state index is 12.1. The maximum Gasteiger partial charge on any atom is 0.323 e. The van der Waals surface area contributed by atoms with Crippen molar-refractivity contribution < 1.29 is 14.7 Å². The van der Waals surface area contributed by atoms with Gasteiger partial charge < -0.3 is 14.9 Å². The lowest BCUT2D eigenvalue weighted by Crippen LogP contribution is -2.46. The minimum atomic E-state index is -0.960. The van der Waals surface area contributed by atoms with Crippen LogP contribution in [0.3, 0.4) is 0 Å². The van der Waals surface area contributed by atoms with Crippen molar-refractivity contribution in [2.24, 2.45) is 0 Å². The summed E-state index contributed by atoms with van der Waals surface area (Å²) in [6.45, 7) is 7.52. The average molecular weight is 244 g/mol. The first-order valence-corrected chi connectivity index (χ1v) is 6.32. The van der Waals surface area contributed by atoms with Crippen molar-refractivity contribution in [2.45, 2.75) is 40.0 Å². The zero-order valence-electron chi connectivity index (χ0n) is 11.1. The molecule has 17 heavy (non-hydrogen) atoms. The molecule has 0 aliphatic carbocycles. The van der Waals surface area contributed by atoms with Gasteiger partial charge >= 0.3 is 12.0 Å². The molecule has 0 heterocycles. The van der Waals surface area contributed by atoms with E-state index in [0.717, 1.165) is 19.3 Å². The third-order valence-electron chi connectivity index (χ3n) is 2.52. The minimum Gasteiger partial charge on any atom is -0.480 e. The fourth-order valence-corrected chi connectivity index (χ4v) is 1.61. The number of hydrogen-bond acceptors (Lipinski definition) is 2. The second kappa shape index (κ2) is 8.84. The number of unbranched alkanes of at least 4 members (excludes halogenated alkanes) is 1. The smallest absolute Gasteiger partial charge is 0.323 e. The van der Waals surface area contributed by atoms with Crippen molar-refractivity contribution in [3.8, 4) is 0 Å². The summed E-state index contributed by atoms with van der Waals surface area (Å²) in [7, 11) is 0. The van der Waals surface area contributed by atoms with Crippen LogP contribution in [0.4, 0.5) is 4.79 Å². The summed E-state index contributed by atoms with van der Waals surface area (Å²) in [6, 6.07) is -0.162. The van der Waals surface area contributed by atoms with Gasteiger partial charge in [-0.1, -0.05) is 20.3 Å². The molecule has 0 atom stereocenters. The molecule has 0 rings (SSSR count). The molecule has 100 valence electrons. The Balaban J connectivity index is 4.48. The van der Waals surface area contributed by atoms with Crippen molar-refractivity contribution in [1.29, 1.82) is 0 Å². The Labute approximate surface area is 103 Å². The number of amides is 2. The van der Waals surface area contributed by atoms with Crippen LogP contribution in [-0.2, 0) is 4.79 Å². The van der Waals surface area contributed by atoms with E-state index in [1.165, 1.54) is 4.90 Å². The van der Waals surface area contributed by atoms with Crippen LogP contribution in [-0.4, -0.2) is 53.1 Å². The first-order valence-electron chi connectivity index (χ1n) is 6.32. The van der Waals surface area contributed by atoms with Gasteiger partial charge in [-0.15, -0.1) is 0 Å². The lowest BCUT2D eigenvalue weighted by atomic mass is 10.3. The number of carbonyl (C=O) groups excluding carboxylic acids is 1. The number of hydrogen-bond donors (Lipinski definition) is 1. The number of carbonyl (C=O) groups is 2. The summed E-state index contributed by atoms with van der Waals surface area (Å²) in [5, 5.41) is 8.78. The van der Waals surface area contributed by atoms with Gasteiger partial charge in [0.25, 0.3) is 0 Å². The molecule has 0 fully saturated rings. The Bertz CT molecular complexity index is 244. The molecule has 0 saturated carbocycles. The van der Waals surface area contributed by atoms with Gasteiger partial charge in [0.1, 0.15) is 6.54 Å². The number of carboxylic acids is 1.